The highest BCUT2D eigenvalue weighted by molar-refractivity contribution is 5.79. The number of para-hydroxylation sites is 1. The zero-order chi connectivity index (χ0) is 22.4. The van der Waals surface area contributed by atoms with E-state index in [9.17, 15) is 9.59 Å². The first-order chi connectivity index (χ1) is 15.5. The van der Waals surface area contributed by atoms with Crippen molar-refractivity contribution < 1.29 is 4.74 Å². The van der Waals surface area contributed by atoms with Crippen molar-refractivity contribution in [1.82, 2.24) is 28.3 Å². The van der Waals surface area contributed by atoms with Crippen LogP contribution < -0.4 is 16.0 Å². The summed E-state index contributed by atoms with van der Waals surface area (Å²) in [5.74, 6) is 1.90. The van der Waals surface area contributed by atoms with Gasteiger partial charge in [0.05, 0.1) is 0 Å². The van der Waals surface area contributed by atoms with Crippen molar-refractivity contribution in [2.45, 2.75) is 20.1 Å². The van der Waals surface area contributed by atoms with Gasteiger partial charge >= 0.3 is 5.69 Å². The van der Waals surface area contributed by atoms with E-state index < -0.39 is 5.69 Å². The van der Waals surface area contributed by atoms with Crippen molar-refractivity contribution in [3.05, 3.63) is 81.0 Å². The van der Waals surface area contributed by atoms with Gasteiger partial charge in [0.25, 0.3) is 5.56 Å². The van der Waals surface area contributed by atoms with Gasteiger partial charge < -0.3 is 9.30 Å². The smallest absolute Gasteiger partial charge is 0.332 e. The lowest BCUT2D eigenvalue weighted by Gasteiger charge is -2.07. The van der Waals surface area contributed by atoms with Crippen LogP contribution in [0.3, 0.4) is 0 Å². The predicted molar refractivity (Wildman–Crippen MR) is 121 cm³/mol. The number of hydrogen-bond donors (Lipinski definition) is 0. The van der Waals surface area contributed by atoms with Gasteiger partial charge in [0.15, 0.2) is 17.0 Å². The van der Waals surface area contributed by atoms with Crippen molar-refractivity contribution in [2.24, 2.45) is 14.1 Å². The van der Waals surface area contributed by atoms with Gasteiger partial charge in [-0.05, 0) is 24.6 Å². The molecule has 0 atom stereocenters. The second kappa shape index (κ2) is 7.52. The minimum atomic E-state index is -0.397. The number of aryl methyl sites for hydroxylation is 2. The Labute approximate surface area is 182 Å². The third-order valence-electron chi connectivity index (χ3n) is 5.66. The molecule has 5 rings (SSSR count). The van der Waals surface area contributed by atoms with E-state index in [1.54, 1.807) is 16.0 Å². The Hall–Kier alpha value is -4.14. The zero-order valence-corrected chi connectivity index (χ0v) is 18.0. The second-order valence-corrected chi connectivity index (χ2v) is 7.58. The average Bonchev–Trinajstić information content (AvgIpc) is 3.39. The third kappa shape index (κ3) is 2.93. The second-order valence-electron chi connectivity index (χ2n) is 7.58. The summed E-state index contributed by atoms with van der Waals surface area (Å²) in [5.41, 5.74) is 1.99. The number of aromatic nitrogens is 6. The first-order valence-corrected chi connectivity index (χ1v) is 10.3. The van der Waals surface area contributed by atoms with Crippen LogP contribution in [-0.2, 0) is 27.2 Å². The molecule has 0 saturated carbocycles. The molecule has 3 aromatic heterocycles. The summed E-state index contributed by atoms with van der Waals surface area (Å²) >= 11 is 0. The van der Waals surface area contributed by atoms with Gasteiger partial charge in [0, 0.05) is 26.2 Å². The molecular formula is C23H22N6O3. The Morgan fingerprint density at radius 2 is 1.62 bits per heavy atom. The minimum absolute atomic E-state index is 0.352. The fourth-order valence-corrected chi connectivity index (χ4v) is 3.97. The molecule has 2 aromatic carbocycles. The molecule has 0 aliphatic heterocycles. The van der Waals surface area contributed by atoms with E-state index in [4.69, 9.17) is 4.74 Å². The third-order valence-corrected chi connectivity index (χ3v) is 5.66. The average molecular weight is 430 g/mol. The van der Waals surface area contributed by atoms with E-state index in [1.165, 1.54) is 11.6 Å². The Balaban J connectivity index is 1.61. The normalized spacial score (nSPS) is 11.5. The van der Waals surface area contributed by atoms with E-state index in [0.717, 1.165) is 21.4 Å². The molecule has 162 valence electrons. The molecular weight excluding hydrogens is 408 g/mol. The summed E-state index contributed by atoms with van der Waals surface area (Å²) in [6, 6.07) is 17.5. The van der Waals surface area contributed by atoms with Crippen LogP contribution in [-0.4, -0.2) is 28.3 Å². The summed E-state index contributed by atoms with van der Waals surface area (Å²) < 4.78 is 11.9. The number of benzene rings is 2. The molecule has 0 aliphatic rings. The van der Waals surface area contributed by atoms with Gasteiger partial charge in [0.2, 0.25) is 5.78 Å². The Morgan fingerprint density at radius 3 is 2.31 bits per heavy atom. The van der Waals surface area contributed by atoms with Gasteiger partial charge in [-0.3, -0.25) is 13.9 Å². The van der Waals surface area contributed by atoms with E-state index in [0.29, 0.717) is 35.9 Å². The molecule has 0 aliphatic carbocycles. The van der Waals surface area contributed by atoms with Gasteiger partial charge in [-0.15, -0.1) is 10.2 Å². The van der Waals surface area contributed by atoms with Gasteiger partial charge in [-0.2, -0.15) is 0 Å². The molecule has 0 amide bonds. The van der Waals surface area contributed by atoms with Crippen LogP contribution in [0.4, 0.5) is 0 Å². The predicted octanol–water partition coefficient (Wildman–Crippen LogP) is 2.35. The molecule has 0 fully saturated rings. The van der Waals surface area contributed by atoms with Gasteiger partial charge in [-0.1, -0.05) is 42.5 Å². The van der Waals surface area contributed by atoms with Crippen LogP contribution in [0.15, 0.2) is 64.2 Å². The van der Waals surface area contributed by atoms with Gasteiger partial charge in [-0.25, -0.2) is 9.20 Å². The number of nitrogens with zero attached hydrogens (tertiary/aromatic N) is 6. The molecule has 9 heteroatoms. The number of ether oxygens (including phenoxy) is 1. The quantitative estimate of drug-likeness (QED) is 0.427. The minimum Gasteiger partial charge on any atom is -0.489 e. The largest absolute Gasteiger partial charge is 0.489 e. The molecule has 0 spiro atoms. The monoisotopic (exact) mass is 430 g/mol. The molecule has 3 heterocycles. The Morgan fingerprint density at radius 1 is 0.906 bits per heavy atom. The van der Waals surface area contributed by atoms with Crippen LogP contribution >= 0.6 is 0 Å². The van der Waals surface area contributed by atoms with E-state index in [1.807, 2.05) is 61.5 Å². The van der Waals surface area contributed by atoms with Crippen LogP contribution in [0, 0.1) is 0 Å². The van der Waals surface area contributed by atoms with Crippen LogP contribution in [0.2, 0.25) is 0 Å². The number of fused-ring (bicyclic) bond motifs is 3. The SMILES string of the molecule is CCn1c2c(=O)n(C)c(=O)n(C)c2n2c(-c3ccc(COc4ccccc4)cc3)nnc12. The highest BCUT2D eigenvalue weighted by atomic mass is 16.5. The van der Waals surface area contributed by atoms with Crippen molar-refractivity contribution in [3.63, 3.8) is 0 Å². The van der Waals surface area contributed by atoms with Crippen LogP contribution in [0.5, 0.6) is 5.75 Å². The summed E-state index contributed by atoms with van der Waals surface area (Å²) in [5, 5.41) is 8.70. The van der Waals surface area contributed by atoms with Crippen molar-refractivity contribution in [1.29, 1.82) is 0 Å². The fraction of sp³-hybridized carbons (Fsp3) is 0.217. The first-order valence-electron chi connectivity index (χ1n) is 10.3. The molecule has 0 unspecified atom stereocenters. The molecule has 0 bridgehead atoms. The van der Waals surface area contributed by atoms with Crippen molar-refractivity contribution >= 4 is 16.9 Å². The summed E-state index contributed by atoms with van der Waals surface area (Å²) in [6.07, 6.45) is 0. The molecule has 9 nitrogen and oxygen atoms in total. The summed E-state index contributed by atoms with van der Waals surface area (Å²) in [7, 11) is 3.13. The van der Waals surface area contributed by atoms with E-state index >= 15 is 0 Å². The van der Waals surface area contributed by atoms with Crippen LogP contribution in [0.25, 0.3) is 28.3 Å². The van der Waals surface area contributed by atoms with Gasteiger partial charge in [0.1, 0.15) is 12.4 Å². The first kappa shape index (κ1) is 19.8. The molecule has 0 radical (unpaired) electrons. The highest BCUT2D eigenvalue weighted by Crippen LogP contribution is 2.25. The topological polar surface area (TPSA) is 88.4 Å². The van der Waals surface area contributed by atoms with E-state index in [2.05, 4.69) is 10.2 Å². The number of rotatable bonds is 5. The van der Waals surface area contributed by atoms with Crippen LogP contribution in [0.1, 0.15) is 12.5 Å². The molecule has 5 aromatic rings. The standard InChI is InChI=1S/C23H22N6O3/c1-4-28-18-20(26(2)23(31)27(3)21(18)30)29-19(24-25-22(28)29)16-12-10-15(11-13-16)14-32-17-8-6-5-7-9-17/h5-13H,4,14H2,1-3H3. The van der Waals surface area contributed by atoms with E-state index in [-0.39, 0.29) is 5.56 Å². The molecule has 0 N–H and O–H groups in total. The Bertz CT molecular complexity index is 1560. The lowest BCUT2D eigenvalue weighted by molar-refractivity contribution is 0.306. The van der Waals surface area contributed by atoms with Crippen molar-refractivity contribution in [3.8, 4) is 17.1 Å². The number of hydrogen-bond acceptors (Lipinski definition) is 5. The maximum Gasteiger partial charge on any atom is 0.332 e. The fourth-order valence-electron chi connectivity index (χ4n) is 3.97. The lowest BCUT2D eigenvalue weighted by atomic mass is 10.1. The maximum atomic E-state index is 12.9. The Kier molecular flexibility index (Phi) is 4.66. The van der Waals surface area contributed by atoms with Crippen molar-refractivity contribution in [2.75, 3.05) is 0 Å². The molecule has 0 saturated heterocycles. The summed E-state index contributed by atoms with van der Waals surface area (Å²) in [6.45, 7) is 2.90. The maximum absolute atomic E-state index is 12.9. The highest BCUT2D eigenvalue weighted by Gasteiger charge is 2.23. The summed E-state index contributed by atoms with van der Waals surface area (Å²) in [4.78, 5) is 25.5. The molecule has 32 heavy (non-hydrogen) atoms. The zero-order valence-electron chi connectivity index (χ0n) is 18.0. The lowest BCUT2D eigenvalue weighted by Crippen LogP contribution is -2.37. The number of imidazole rings is 1.